The molecule has 0 spiro atoms. The van der Waals surface area contributed by atoms with Gasteiger partial charge in [0.25, 0.3) is 0 Å². The summed E-state index contributed by atoms with van der Waals surface area (Å²) in [5, 5.41) is 19.2. The lowest BCUT2D eigenvalue weighted by atomic mass is 9.97. The fraction of sp³-hybridized carbons (Fsp3) is 0.250. The highest BCUT2D eigenvalue weighted by atomic mass is 32.1. The lowest BCUT2D eigenvalue weighted by molar-refractivity contribution is 0.624. The predicted octanol–water partition coefficient (Wildman–Crippen LogP) is 5.32. The van der Waals surface area contributed by atoms with E-state index in [2.05, 4.69) is 35.3 Å². The fourth-order valence-electron chi connectivity index (χ4n) is 3.56. The van der Waals surface area contributed by atoms with Gasteiger partial charge in [0.05, 0.1) is 5.56 Å². The van der Waals surface area contributed by atoms with Crippen LogP contribution in [0.3, 0.4) is 0 Å². The van der Waals surface area contributed by atoms with Crippen LogP contribution in [0.2, 0.25) is 0 Å². The van der Waals surface area contributed by atoms with Gasteiger partial charge < -0.3 is 0 Å². The second kappa shape index (κ2) is 6.38. The van der Waals surface area contributed by atoms with E-state index in [4.69, 9.17) is 5.26 Å². The Morgan fingerprint density at radius 2 is 2.08 bits per heavy atom. The first-order chi connectivity index (χ1) is 12.2. The van der Waals surface area contributed by atoms with Crippen LogP contribution in [-0.4, -0.2) is 10.2 Å². The molecular formula is C20H16FN3S. The monoisotopic (exact) mass is 349 g/mol. The van der Waals surface area contributed by atoms with Gasteiger partial charge in [-0.05, 0) is 54.5 Å². The molecule has 3 nitrogen and oxygen atoms in total. The van der Waals surface area contributed by atoms with E-state index in [0.29, 0.717) is 10.9 Å². The zero-order valence-electron chi connectivity index (χ0n) is 13.8. The van der Waals surface area contributed by atoms with Crippen LogP contribution in [0.1, 0.15) is 42.4 Å². The van der Waals surface area contributed by atoms with Gasteiger partial charge in [0, 0.05) is 11.1 Å². The number of fused-ring (bicyclic) bond motifs is 1. The van der Waals surface area contributed by atoms with E-state index in [0.717, 1.165) is 29.0 Å². The molecule has 1 heterocycles. The molecule has 1 aliphatic carbocycles. The van der Waals surface area contributed by atoms with Crippen molar-refractivity contribution in [3.05, 3.63) is 58.9 Å². The molecule has 0 saturated heterocycles. The van der Waals surface area contributed by atoms with Crippen molar-refractivity contribution in [3.63, 3.8) is 0 Å². The fourth-order valence-corrected chi connectivity index (χ4v) is 4.45. The van der Waals surface area contributed by atoms with Crippen molar-refractivity contribution >= 4 is 11.3 Å². The van der Waals surface area contributed by atoms with Crippen molar-refractivity contribution in [1.82, 2.24) is 10.2 Å². The Labute approximate surface area is 149 Å². The first-order valence-electron chi connectivity index (χ1n) is 8.37. The maximum absolute atomic E-state index is 13.5. The molecule has 0 saturated carbocycles. The van der Waals surface area contributed by atoms with Crippen LogP contribution in [0.25, 0.3) is 21.1 Å². The van der Waals surface area contributed by atoms with Crippen molar-refractivity contribution in [2.45, 2.75) is 32.1 Å². The van der Waals surface area contributed by atoms with Crippen LogP contribution in [-0.2, 0) is 6.42 Å². The number of benzene rings is 2. The van der Waals surface area contributed by atoms with Gasteiger partial charge in [0.2, 0.25) is 0 Å². The second-order valence-corrected chi connectivity index (χ2v) is 7.21. The molecule has 0 radical (unpaired) electrons. The van der Waals surface area contributed by atoms with Crippen LogP contribution in [0, 0.1) is 17.1 Å². The molecule has 1 atom stereocenters. The Morgan fingerprint density at radius 1 is 1.24 bits per heavy atom. The number of rotatable bonds is 3. The normalized spacial score (nSPS) is 15.8. The predicted molar refractivity (Wildman–Crippen MR) is 96.8 cm³/mol. The van der Waals surface area contributed by atoms with E-state index in [1.54, 1.807) is 6.07 Å². The third-order valence-electron chi connectivity index (χ3n) is 4.88. The molecule has 1 aliphatic rings. The van der Waals surface area contributed by atoms with Gasteiger partial charge in [0.1, 0.15) is 21.9 Å². The molecule has 1 unspecified atom stereocenters. The quantitative estimate of drug-likeness (QED) is 0.643. The van der Waals surface area contributed by atoms with Crippen molar-refractivity contribution in [3.8, 4) is 27.2 Å². The number of hydrogen-bond acceptors (Lipinski definition) is 4. The molecule has 2 aromatic carbocycles. The van der Waals surface area contributed by atoms with Crippen molar-refractivity contribution in [1.29, 1.82) is 5.26 Å². The number of nitrogens with zero attached hydrogens (tertiary/aromatic N) is 3. The number of nitriles is 1. The van der Waals surface area contributed by atoms with Gasteiger partial charge in [-0.2, -0.15) is 5.26 Å². The molecule has 1 aromatic heterocycles. The largest absolute Gasteiger partial charge is 0.206 e. The summed E-state index contributed by atoms with van der Waals surface area (Å²) in [6.45, 7) is 2.23. The summed E-state index contributed by atoms with van der Waals surface area (Å²) in [6.07, 6.45) is 3.43. The molecule has 124 valence electrons. The highest BCUT2D eigenvalue weighted by molar-refractivity contribution is 7.17. The zero-order valence-corrected chi connectivity index (χ0v) is 14.6. The summed E-state index contributed by atoms with van der Waals surface area (Å²) in [6, 6.07) is 12.8. The number of halogens is 1. The third kappa shape index (κ3) is 2.73. The zero-order chi connectivity index (χ0) is 17.4. The molecule has 0 N–H and O–H groups in total. The van der Waals surface area contributed by atoms with Crippen LogP contribution < -0.4 is 0 Å². The van der Waals surface area contributed by atoms with Crippen LogP contribution in [0.4, 0.5) is 4.39 Å². The van der Waals surface area contributed by atoms with E-state index < -0.39 is 5.82 Å². The molecule has 4 rings (SSSR count). The molecule has 0 aliphatic heterocycles. The Hall–Kier alpha value is -2.58. The lowest BCUT2D eigenvalue weighted by Gasteiger charge is -2.09. The van der Waals surface area contributed by atoms with Crippen LogP contribution in [0.15, 0.2) is 36.4 Å². The topological polar surface area (TPSA) is 49.6 Å². The van der Waals surface area contributed by atoms with Crippen molar-refractivity contribution < 1.29 is 4.39 Å². The molecule has 5 heteroatoms. The van der Waals surface area contributed by atoms with Gasteiger partial charge in [-0.15, -0.1) is 10.2 Å². The molecule has 0 amide bonds. The summed E-state index contributed by atoms with van der Waals surface area (Å²) in [5.41, 5.74) is 4.72. The highest BCUT2D eigenvalue weighted by Crippen LogP contribution is 2.41. The standard InChI is InChI=1S/C20H16FN3S/c1-2-12-6-8-16-15(12)4-3-5-17(16)20-24-23-19(25-20)13-7-9-18(21)14(10-13)11-22/h3-5,7,9-10,12H,2,6,8H2,1H3. The highest BCUT2D eigenvalue weighted by Gasteiger charge is 2.24. The van der Waals surface area contributed by atoms with E-state index in [1.165, 1.54) is 41.0 Å². The summed E-state index contributed by atoms with van der Waals surface area (Å²) < 4.78 is 13.5. The molecule has 3 aromatic rings. The molecule has 0 fully saturated rings. The number of hydrogen-bond donors (Lipinski definition) is 0. The Bertz CT molecular complexity index is 987. The van der Waals surface area contributed by atoms with Crippen molar-refractivity contribution in [2.24, 2.45) is 0 Å². The maximum atomic E-state index is 13.5. The average molecular weight is 349 g/mol. The summed E-state index contributed by atoms with van der Waals surface area (Å²) in [5.74, 6) is 0.125. The Morgan fingerprint density at radius 3 is 2.88 bits per heavy atom. The minimum absolute atomic E-state index is 0.0284. The first kappa shape index (κ1) is 15.9. The first-order valence-corrected chi connectivity index (χ1v) is 9.18. The second-order valence-electron chi connectivity index (χ2n) is 6.24. The van der Waals surface area contributed by atoms with Gasteiger partial charge in [-0.25, -0.2) is 4.39 Å². The Balaban J connectivity index is 1.74. The minimum Gasteiger partial charge on any atom is -0.206 e. The summed E-state index contributed by atoms with van der Waals surface area (Å²) in [4.78, 5) is 0. The minimum atomic E-state index is -0.512. The lowest BCUT2D eigenvalue weighted by Crippen LogP contribution is -1.91. The van der Waals surface area contributed by atoms with Crippen molar-refractivity contribution in [2.75, 3.05) is 0 Å². The van der Waals surface area contributed by atoms with Crippen LogP contribution >= 0.6 is 11.3 Å². The average Bonchev–Trinajstić information content (AvgIpc) is 3.29. The smallest absolute Gasteiger partial charge is 0.148 e. The number of aromatic nitrogens is 2. The summed E-state index contributed by atoms with van der Waals surface area (Å²) in [7, 11) is 0. The third-order valence-corrected chi connectivity index (χ3v) is 5.88. The van der Waals surface area contributed by atoms with Gasteiger partial charge in [0.15, 0.2) is 0 Å². The maximum Gasteiger partial charge on any atom is 0.148 e. The SMILES string of the molecule is CCC1CCc2c(-c3nnc(-c4ccc(F)c(C#N)c4)s3)cccc21. The Kier molecular flexibility index (Phi) is 4.06. The van der Waals surface area contributed by atoms with Crippen LogP contribution in [0.5, 0.6) is 0 Å². The van der Waals surface area contributed by atoms with E-state index in [1.807, 2.05) is 6.07 Å². The van der Waals surface area contributed by atoms with Gasteiger partial charge in [-0.1, -0.05) is 36.5 Å². The van der Waals surface area contributed by atoms with E-state index >= 15 is 0 Å². The van der Waals surface area contributed by atoms with Gasteiger partial charge in [-0.3, -0.25) is 0 Å². The van der Waals surface area contributed by atoms with E-state index in [9.17, 15) is 4.39 Å². The molecular weight excluding hydrogens is 333 g/mol. The molecule has 0 bridgehead atoms. The van der Waals surface area contributed by atoms with E-state index in [-0.39, 0.29) is 5.56 Å². The summed E-state index contributed by atoms with van der Waals surface area (Å²) >= 11 is 1.48. The van der Waals surface area contributed by atoms with Gasteiger partial charge >= 0.3 is 0 Å². The molecule has 25 heavy (non-hydrogen) atoms.